The average molecular weight is 463 g/mol. The number of nitrogens with zero attached hydrogens (tertiary/aromatic N) is 1. The van der Waals surface area contributed by atoms with Crippen molar-refractivity contribution in [1.29, 1.82) is 5.41 Å². The topological polar surface area (TPSA) is 68.2 Å². The number of thiophene rings is 1. The summed E-state index contributed by atoms with van der Waals surface area (Å²) in [4.78, 5) is 15.0. The highest BCUT2D eigenvalue weighted by atomic mass is 32.1. The third kappa shape index (κ3) is 5.22. The van der Waals surface area contributed by atoms with Crippen LogP contribution in [0.2, 0.25) is 0 Å². The number of rotatable bonds is 6. The minimum atomic E-state index is -2.61. The number of likely N-dealkylation sites (tertiary alicyclic amines) is 1. The summed E-state index contributed by atoms with van der Waals surface area (Å²) in [6.07, 6.45) is 1.60. The first kappa shape index (κ1) is 22.5. The van der Waals surface area contributed by atoms with Crippen molar-refractivity contribution in [3.63, 3.8) is 0 Å². The zero-order valence-electron chi connectivity index (χ0n) is 17.4. The fraction of sp³-hybridized carbons (Fsp3) is 0.714. The number of anilines is 1. The summed E-state index contributed by atoms with van der Waals surface area (Å²) in [5.41, 5.74) is 0.913. The molecule has 0 spiro atoms. The van der Waals surface area contributed by atoms with Crippen LogP contribution < -0.4 is 10.6 Å². The van der Waals surface area contributed by atoms with Gasteiger partial charge in [-0.3, -0.25) is 9.69 Å². The summed E-state index contributed by atoms with van der Waals surface area (Å²) in [6.45, 7) is 1.83. The van der Waals surface area contributed by atoms with Crippen LogP contribution in [0.15, 0.2) is 6.07 Å². The van der Waals surface area contributed by atoms with E-state index < -0.39 is 11.8 Å². The van der Waals surface area contributed by atoms with Gasteiger partial charge >= 0.3 is 0 Å². The molecule has 5 nitrogen and oxygen atoms in total. The van der Waals surface area contributed by atoms with Crippen molar-refractivity contribution in [3.05, 3.63) is 16.5 Å². The number of carbonyl (C=O) groups excluding carboxylic acids is 1. The molecule has 2 saturated carbocycles. The van der Waals surface area contributed by atoms with Gasteiger partial charge in [0.15, 0.2) is 0 Å². The van der Waals surface area contributed by atoms with Crippen molar-refractivity contribution in [1.82, 2.24) is 10.2 Å². The number of hydrogen-bond donors (Lipinski definition) is 3. The molecule has 1 aromatic heterocycles. The fourth-order valence-electron chi connectivity index (χ4n) is 4.59. The Kier molecular flexibility index (Phi) is 6.06. The maximum absolute atomic E-state index is 13.4. The summed E-state index contributed by atoms with van der Waals surface area (Å²) < 4.78 is 53.6. The van der Waals surface area contributed by atoms with E-state index in [2.05, 4.69) is 10.6 Å². The Labute approximate surface area is 184 Å². The Morgan fingerprint density at radius 2 is 1.84 bits per heavy atom. The van der Waals surface area contributed by atoms with Crippen molar-refractivity contribution >= 4 is 28.0 Å². The summed E-state index contributed by atoms with van der Waals surface area (Å²) in [5, 5.41) is 14.9. The number of carbonyl (C=O) groups is 1. The van der Waals surface area contributed by atoms with Crippen LogP contribution >= 0.6 is 11.3 Å². The quantitative estimate of drug-likeness (QED) is 0.413. The molecule has 2 aliphatic carbocycles. The molecule has 1 amide bonds. The minimum Gasteiger partial charge on any atom is -0.374 e. The van der Waals surface area contributed by atoms with Crippen LogP contribution in [0.4, 0.5) is 22.6 Å². The van der Waals surface area contributed by atoms with Gasteiger partial charge in [0.05, 0.1) is 16.4 Å². The van der Waals surface area contributed by atoms with Gasteiger partial charge in [0.1, 0.15) is 0 Å². The minimum absolute atomic E-state index is 0. The molecule has 0 radical (unpaired) electrons. The fourth-order valence-corrected chi connectivity index (χ4v) is 5.69. The van der Waals surface area contributed by atoms with Crippen LogP contribution in [0.5, 0.6) is 0 Å². The first-order valence-corrected chi connectivity index (χ1v) is 11.6. The first-order valence-electron chi connectivity index (χ1n) is 10.8. The van der Waals surface area contributed by atoms with Crippen LogP contribution in [0, 0.1) is 5.41 Å². The van der Waals surface area contributed by atoms with E-state index in [0.717, 1.165) is 0 Å². The van der Waals surface area contributed by atoms with Gasteiger partial charge in [-0.25, -0.2) is 17.6 Å². The SMILES string of the molecule is CC(=N)c1cc(C(=O)NC2CC(N3CCC(F)(F)C3)C2)sc1NC1CCC(F)(F)CC1.[HH]. The summed E-state index contributed by atoms with van der Waals surface area (Å²) in [7, 11) is 0. The highest BCUT2D eigenvalue weighted by Crippen LogP contribution is 2.37. The zero-order valence-corrected chi connectivity index (χ0v) is 18.3. The van der Waals surface area contributed by atoms with E-state index in [1.54, 1.807) is 17.9 Å². The molecule has 2 heterocycles. The lowest BCUT2D eigenvalue weighted by atomic mass is 9.85. The molecule has 31 heavy (non-hydrogen) atoms. The van der Waals surface area contributed by atoms with E-state index >= 15 is 0 Å². The maximum atomic E-state index is 13.4. The molecule has 0 atom stereocenters. The Hall–Kier alpha value is -1.68. The predicted octanol–water partition coefficient (Wildman–Crippen LogP) is 4.97. The number of amides is 1. The van der Waals surface area contributed by atoms with Crippen LogP contribution in [-0.4, -0.2) is 59.6 Å². The number of halogens is 4. The Balaban J connectivity index is 0.00000289. The van der Waals surface area contributed by atoms with E-state index in [-0.39, 0.29) is 51.3 Å². The van der Waals surface area contributed by atoms with Crippen molar-refractivity contribution in [2.75, 3.05) is 18.4 Å². The third-order valence-electron chi connectivity index (χ3n) is 6.58. The molecule has 3 aliphatic rings. The van der Waals surface area contributed by atoms with E-state index in [0.29, 0.717) is 53.4 Å². The normalized spacial score (nSPS) is 28.2. The van der Waals surface area contributed by atoms with E-state index in [1.807, 2.05) is 0 Å². The lowest BCUT2D eigenvalue weighted by Gasteiger charge is -2.41. The van der Waals surface area contributed by atoms with Crippen molar-refractivity contribution < 1.29 is 23.8 Å². The zero-order chi connectivity index (χ0) is 22.4. The number of nitrogens with one attached hydrogen (secondary N) is 3. The monoisotopic (exact) mass is 462 g/mol. The Morgan fingerprint density at radius 1 is 1.16 bits per heavy atom. The van der Waals surface area contributed by atoms with Gasteiger partial charge in [-0.05, 0) is 38.7 Å². The lowest BCUT2D eigenvalue weighted by molar-refractivity contribution is -0.0360. The largest absolute Gasteiger partial charge is 0.374 e. The van der Waals surface area contributed by atoms with E-state index in [1.165, 1.54) is 11.3 Å². The molecule has 0 unspecified atom stereocenters. The Bertz CT molecular complexity index is 849. The number of alkyl halides is 4. The highest BCUT2D eigenvalue weighted by molar-refractivity contribution is 7.18. The van der Waals surface area contributed by atoms with Gasteiger partial charge < -0.3 is 16.0 Å². The molecule has 0 aromatic carbocycles. The second-order valence-corrected chi connectivity index (χ2v) is 10.2. The van der Waals surface area contributed by atoms with Crippen molar-refractivity contribution in [2.45, 2.75) is 81.8 Å². The summed E-state index contributed by atoms with van der Waals surface area (Å²) in [6, 6.07) is 1.61. The third-order valence-corrected chi connectivity index (χ3v) is 7.64. The first-order chi connectivity index (χ1) is 14.5. The van der Waals surface area contributed by atoms with Gasteiger partial charge in [-0.15, -0.1) is 11.3 Å². The summed E-state index contributed by atoms with van der Waals surface area (Å²) in [5.74, 6) is -5.46. The molecule has 0 bridgehead atoms. The van der Waals surface area contributed by atoms with E-state index in [4.69, 9.17) is 5.41 Å². The maximum Gasteiger partial charge on any atom is 0.261 e. The van der Waals surface area contributed by atoms with Gasteiger partial charge in [-0.1, -0.05) is 0 Å². The smallest absolute Gasteiger partial charge is 0.261 e. The average Bonchev–Trinajstić information content (AvgIpc) is 3.22. The van der Waals surface area contributed by atoms with Crippen LogP contribution in [0.3, 0.4) is 0 Å². The lowest BCUT2D eigenvalue weighted by Crippen LogP contribution is -2.53. The second kappa shape index (κ2) is 8.35. The van der Waals surface area contributed by atoms with Gasteiger partial charge in [-0.2, -0.15) is 0 Å². The van der Waals surface area contributed by atoms with E-state index in [9.17, 15) is 22.4 Å². The molecular weight excluding hydrogens is 432 g/mol. The second-order valence-electron chi connectivity index (χ2n) is 9.13. The predicted molar refractivity (Wildman–Crippen MR) is 115 cm³/mol. The molecule has 4 rings (SSSR count). The molecular formula is C21H30F4N4OS. The van der Waals surface area contributed by atoms with Crippen molar-refractivity contribution in [3.8, 4) is 0 Å². The van der Waals surface area contributed by atoms with Gasteiger partial charge in [0.25, 0.3) is 11.8 Å². The van der Waals surface area contributed by atoms with Gasteiger partial charge in [0.2, 0.25) is 5.92 Å². The molecule has 1 aliphatic heterocycles. The molecule has 174 valence electrons. The van der Waals surface area contributed by atoms with Gasteiger partial charge in [0, 0.05) is 56.6 Å². The molecule has 10 heteroatoms. The summed E-state index contributed by atoms with van der Waals surface area (Å²) >= 11 is 1.23. The molecule has 3 N–H and O–H groups in total. The Morgan fingerprint density at radius 3 is 2.42 bits per heavy atom. The molecule has 1 aromatic rings. The van der Waals surface area contributed by atoms with Crippen LogP contribution in [0.1, 0.15) is 68.5 Å². The number of hydrogen-bond acceptors (Lipinski definition) is 5. The molecule has 3 fully saturated rings. The molecule has 1 saturated heterocycles. The van der Waals surface area contributed by atoms with Crippen LogP contribution in [0.25, 0.3) is 0 Å². The van der Waals surface area contributed by atoms with Crippen molar-refractivity contribution in [2.24, 2.45) is 0 Å². The van der Waals surface area contributed by atoms with Crippen LogP contribution in [-0.2, 0) is 0 Å². The highest BCUT2D eigenvalue weighted by Gasteiger charge is 2.44. The standard InChI is InChI=1S/C21H28F4N4OS.H2/c1-12(26)16-10-17(31-19(16)28-13-2-4-20(22,23)5-3-13)18(30)27-14-8-15(9-14)29-7-6-21(24,25)11-29;/h10,13-15,26,28H,2-9,11H2,1H3,(H,27,30);1H.